The Morgan fingerprint density at radius 1 is 1.05 bits per heavy atom. The molecule has 4 aliphatic rings. The van der Waals surface area contributed by atoms with E-state index < -0.39 is 29.6 Å². The van der Waals surface area contributed by atoms with E-state index in [1.165, 1.54) is 0 Å². The number of carbonyl (C=O) groups is 3. The first-order valence-electron chi connectivity index (χ1n) is 14.6. The van der Waals surface area contributed by atoms with Gasteiger partial charge in [0, 0.05) is 11.7 Å². The Morgan fingerprint density at radius 3 is 2.58 bits per heavy atom. The quantitative estimate of drug-likeness (QED) is 0.515. The van der Waals surface area contributed by atoms with Crippen LogP contribution in [-0.2, 0) is 19.1 Å². The maximum atomic E-state index is 14.4. The van der Waals surface area contributed by atoms with Gasteiger partial charge in [0.05, 0.1) is 24.0 Å². The van der Waals surface area contributed by atoms with Gasteiger partial charge in [0.25, 0.3) is 0 Å². The third kappa shape index (κ3) is 4.26. The highest BCUT2D eigenvalue weighted by Gasteiger charge is 2.73. The molecule has 40 heavy (non-hydrogen) atoms. The first-order chi connectivity index (χ1) is 19.2. The molecule has 9 atom stereocenters. The Balaban J connectivity index is 1.35. The van der Waals surface area contributed by atoms with E-state index in [1.54, 1.807) is 4.90 Å². The molecule has 3 fully saturated rings. The zero-order valence-corrected chi connectivity index (χ0v) is 23.7. The summed E-state index contributed by atoms with van der Waals surface area (Å²) in [6.45, 7) is 8.36. The highest BCUT2D eigenvalue weighted by Crippen LogP contribution is 2.56. The third-order valence-corrected chi connectivity index (χ3v) is 9.88. The van der Waals surface area contributed by atoms with Crippen LogP contribution in [-0.4, -0.2) is 46.4 Å². The number of likely N-dealkylation sites (tertiary alicyclic amines) is 1. The lowest BCUT2D eigenvalue weighted by Gasteiger charge is -2.39. The molecule has 3 heterocycles. The minimum absolute atomic E-state index is 0.0404. The van der Waals surface area contributed by atoms with Crippen LogP contribution in [0.4, 0.5) is 5.69 Å². The van der Waals surface area contributed by atoms with Gasteiger partial charge < -0.3 is 20.3 Å². The number of ether oxygens (including phenoxy) is 1. The lowest BCUT2D eigenvalue weighted by atomic mass is 9.73. The summed E-state index contributed by atoms with van der Waals surface area (Å²) in [6, 6.07) is 16.1. The first kappa shape index (κ1) is 26.8. The van der Waals surface area contributed by atoms with Crippen molar-refractivity contribution >= 4 is 23.4 Å². The fraction of sp³-hybridized carbons (Fsp3) is 0.485. The van der Waals surface area contributed by atoms with E-state index in [2.05, 4.69) is 24.5 Å². The number of nitrogens with zero attached hydrogens (tertiary/aromatic N) is 1. The van der Waals surface area contributed by atoms with Gasteiger partial charge in [0.2, 0.25) is 17.7 Å². The Kier molecular flexibility index (Phi) is 6.81. The summed E-state index contributed by atoms with van der Waals surface area (Å²) in [5.74, 6) is -1.32. The van der Waals surface area contributed by atoms with E-state index in [-0.39, 0.29) is 29.8 Å². The Bertz CT molecular complexity index is 1340. The normalized spacial score (nSPS) is 35.0. The van der Waals surface area contributed by atoms with Crippen molar-refractivity contribution in [3.8, 4) is 0 Å². The summed E-state index contributed by atoms with van der Waals surface area (Å²) < 4.78 is 6.54. The van der Waals surface area contributed by atoms with Gasteiger partial charge in [-0.1, -0.05) is 81.3 Å². The number of fused-ring (bicyclic) bond motifs is 1. The molecule has 0 radical (unpaired) electrons. The Morgan fingerprint density at radius 2 is 1.82 bits per heavy atom. The largest absolute Gasteiger partial charge is 0.359 e. The Labute approximate surface area is 236 Å². The summed E-state index contributed by atoms with van der Waals surface area (Å²) in [5, 5.41) is 6.34. The zero-order valence-electron chi connectivity index (χ0n) is 23.7. The maximum Gasteiger partial charge on any atom is 0.246 e. The van der Waals surface area contributed by atoms with Crippen molar-refractivity contribution in [2.45, 2.75) is 76.8 Å². The molecule has 1 saturated carbocycles. The predicted octanol–water partition coefficient (Wildman–Crippen LogP) is 4.79. The van der Waals surface area contributed by atoms with Crippen molar-refractivity contribution < 1.29 is 19.1 Å². The van der Waals surface area contributed by atoms with Gasteiger partial charge >= 0.3 is 0 Å². The first-order valence-corrected chi connectivity index (χ1v) is 14.6. The van der Waals surface area contributed by atoms with Gasteiger partial charge in [0.1, 0.15) is 11.6 Å². The smallest absolute Gasteiger partial charge is 0.246 e. The standard InChI is InChI=1S/C33H39N3O4/c1-19-10-8-14-24(18-19)34-30(37)27-26-16-17-33(40-26)28(27)32(39)36(22(4)23-12-6-5-7-13-23)29(33)31(38)35-25-15-9-11-20(2)21(25)3/h5-8,10,12-14,16-18,20-22,25-29H,9,11,15H2,1-4H3,(H,34,37)(H,35,38). The average Bonchev–Trinajstić information content (AvgIpc) is 3.58. The van der Waals surface area contributed by atoms with E-state index in [9.17, 15) is 14.4 Å². The van der Waals surface area contributed by atoms with E-state index in [1.807, 2.05) is 80.6 Å². The molecule has 210 valence electrons. The lowest BCUT2D eigenvalue weighted by molar-refractivity contribution is -0.144. The van der Waals surface area contributed by atoms with Crippen molar-refractivity contribution in [1.29, 1.82) is 0 Å². The molecule has 1 aliphatic carbocycles. The SMILES string of the molecule is Cc1cccc(NC(=O)C2C3C=CC4(O3)C2C(=O)N(C(C)c2ccccc2)C4C(=O)NC2CCCC(C)C2C)c1. The van der Waals surface area contributed by atoms with Crippen LogP contribution in [0.1, 0.15) is 57.2 Å². The molecule has 6 rings (SSSR count). The van der Waals surface area contributed by atoms with Gasteiger partial charge in [0.15, 0.2) is 0 Å². The van der Waals surface area contributed by atoms with Crippen LogP contribution >= 0.6 is 0 Å². The van der Waals surface area contributed by atoms with Gasteiger partial charge in [-0.3, -0.25) is 14.4 Å². The Hall–Kier alpha value is -3.45. The molecule has 2 aromatic rings. The van der Waals surface area contributed by atoms with Gasteiger partial charge in [-0.2, -0.15) is 0 Å². The van der Waals surface area contributed by atoms with Crippen LogP contribution in [0.3, 0.4) is 0 Å². The number of nitrogens with one attached hydrogen (secondary N) is 2. The molecule has 2 N–H and O–H groups in total. The minimum atomic E-state index is -1.19. The molecule has 9 unspecified atom stereocenters. The van der Waals surface area contributed by atoms with Crippen LogP contribution in [0.2, 0.25) is 0 Å². The van der Waals surface area contributed by atoms with Crippen molar-refractivity contribution in [2.75, 3.05) is 5.32 Å². The third-order valence-electron chi connectivity index (χ3n) is 9.88. The number of rotatable bonds is 6. The van der Waals surface area contributed by atoms with Gasteiger partial charge in [-0.15, -0.1) is 0 Å². The molecule has 1 spiro atoms. The zero-order chi connectivity index (χ0) is 28.2. The molecular weight excluding hydrogens is 502 g/mol. The molecule has 3 amide bonds. The molecule has 2 aromatic carbocycles. The second kappa shape index (κ2) is 10.2. The molecule has 3 aliphatic heterocycles. The number of carbonyl (C=O) groups excluding carboxylic acids is 3. The van der Waals surface area contributed by atoms with Crippen LogP contribution < -0.4 is 10.6 Å². The van der Waals surface area contributed by atoms with E-state index in [0.29, 0.717) is 17.5 Å². The van der Waals surface area contributed by atoms with E-state index in [4.69, 9.17) is 4.74 Å². The van der Waals surface area contributed by atoms with Crippen LogP contribution in [0.25, 0.3) is 0 Å². The highest BCUT2D eigenvalue weighted by atomic mass is 16.5. The number of amides is 3. The maximum absolute atomic E-state index is 14.4. The van der Waals surface area contributed by atoms with Crippen molar-refractivity contribution in [1.82, 2.24) is 10.2 Å². The van der Waals surface area contributed by atoms with Crippen molar-refractivity contribution in [2.24, 2.45) is 23.7 Å². The van der Waals surface area contributed by atoms with Crippen molar-refractivity contribution in [3.63, 3.8) is 0 Å². The van der Waals surface area contributed by atoms with E-state index in [0.717, 1.165) is 30.4 Å². The molecule has 7 heteroatoms. The summed E-state index contributed by atoms with van der Waals surface area (Å²) in [5.41, 5.74) is 1.46. The van der Waals surface area contributed by atoms with Crippen LogP contribution in [0, 0.1) is 30.6 Å². The number of hydrogen-bond donors (Lipinski definition) is 2. The second-order valence-electron chi connectivity index (χ2n) is 12.3. The molecule has 2 saturated heterocycles. The second-order valence-corrected chi connectivity index (χ2v) is 12.3. The van der Waals surface area contributed by atoms with Gasteiger partial charge in [-0.05, 0) is 55.4 Å². The fourth-order valence-corrected chi connectivity index (χ4v) is 7.51. The lowest BCUT2D eigenvalue weighted by Crippen LogP contribution is -2.58. The number of hydrogen-bond acceptors (Lipinski definition) is 4. The monoisotopic (exact) mass is 541 g/mol. The highest BCUT2D eigenvalue weighted by molar-refractivity contribution is 6.03. The van der Waals surface area contributed by atoms with Gasteiger partial charge in [-0.25, -0.2) is 0 Å². The molecule has 0 aromatic heterocycles. The average molecular weight is 542 g/mol. The van der Waals surface area contributed by atoms with E-state index >= 15 is 0 Å². The molecule has 7 nitrogen and oxygen atoms in total. The predicted molar refractivity (Wildman–Crippen MR) is 153 cm³/mol. The van der Waals surface area contributed by atoms with Crippen molar-refractivity contribution in [3.05, 3.63) is 77.9 Å². The summed E-state index contributed by atoms with van der Waals surface area (Å²) in [4.78, 5) is 44.1. The van der Waals surface area contributed by atoms with Crippen LogP contribution in [0.15, 0.2) is 66.7 Å². The number of anilines is 1. The summed E-state index contributed by atoms with van der Waals surface area (Å²) >= 11 is 0. The summed E-state index contributed by atoms with van der Waals surface area (Å²) in [7, 11) is 0. The molecular formula is C33H39N3O4. The fourth-order valence-electron chi connectivity index (χ4n) is 7.51. The molecule has 2 bridgehead atoms. The summed E-state index contributed by atoms with van der Waals surface area (Å²) in [6.07, 6.45) is 6.33. The minimum Gasteiger partial charge on any atom is -0.359 e. The number of benzene rings is 2. The topological polar surface area (TPSA) is 87.7 Å². The van der Waals surface area contributed by atoms with Crippen LogP contribution in [0.5, 0.6) is 0 Å². The number of aryl methyl sites for hydroxylation is 1.